The Kier molecular flexibility index (Phi) is 9.72. The molecule has 2 aromatic heterocycles. The number of piperidine rings is 2. The van der Waals surface area contributed by atoms with Crippen LogP contribution >= 0.6 is 0 Å². The van der Waals surface area contributed by atoms with Crippen molar-refractivity contribution in [1.82, 2.24) is 40.0 Å². The molecule has 4 fully saturated rings. The van der Waals surface area contributed by atoms with Crippen LogP contribution in [0.15, 0.2) is 36.4 Å². The van der Waals surface area contributed by atoms with Gasteiger partial charge in [0.2, 0.25) is 11.8 Å². The Morgan fingerprint density at radius 2 is 1.26 bits per heavy atom. The number of carbonyl (C=O) groups excluding carboxylic acids is 3. The van der Waals surface area contributed by atoms with Crippen LogP contribution in [0.2, 0.25) is 0 Å². The van der Waals surface area contributed by atoms with Gasteiger partial charge in [0, 0.05) is 52.8 Å². The van der Waals surface area contributed by atoms with Gasteiger partial charge < -0.3 is 34.9 Å². The fourth-order valence-electron chi connectivity index (χ4n) is 10.9. The Morgan fingerprint density at radius 1 is 0.758 bits per heavy atom. The number of amides is 4. The number of carboxylic acid groups (broad SMARTS) is 1. The molecule has 14 nitrogen and oxygen atoms in total. The van der Waals surface area contributed by atoms with Crippen LogP contribution in [0, 0.1) is 35.5 Å². The van der Waals surface area contributed by atoms with E-state index in [0.717, 1.165) is 113 Å². The lowest BCUT2D eigenvalue weighted by Crippen LogP contribution is -2.52. The highest BCUT2D eigenvalue weighted by atomic mass is 16.5. The maximum atomic E-state index is 14.0. The molecule has 6 aliphatic rings. The van der Waals surface area contributed by atoms with E-state index in [1.54, 1.807) is 0 Å². The second kappa shape index (κ2) is 15.1. The first-order chi connectivity index (χ1) is 29.8. The number of likely N-dealkylation sites (N-methyl/N-ethyl adjacent to an activating group) is 1. The molecule has 4 amide bonds. The van der Waals surface area contributed by atoms with Crippen LogP contribution < -0.4 is 5.32 Å². The number of carbonyl (C=O) groups is 4. The summed E-state index contributed by atoms with van der Waals surface area (Å²) in [6, 6.07) is 11.2. The summed E-state index contributed by atoms with van der Waals surface area (Å²) >= 11 is 0. The fraction of sp³-hybridized carbons (Fsp3) is 0.500. The number of H-pyrrole nitrogens is 2. The normalized spacial score (nSPS) is 24.4. The van der Waals surface area contributed by atoms with Crippen molar-refractivity contribution < 1.29 is 29.0 Å². The molecule has 2 aromatic carbocycles. The van der Waals surface area contributed by atoms with E-state index in [1.165, 1.54) is 25.3 Å². The van der Waals surface area contributed by atoms with Crippen LogP contribution in [0.5, 0.6) is 0 Å². The Labute approximate surface area is 361 Å². The standard InChI is InChI=1S/C48H54N8O6/c1-23(2)39(53-47(59)62-6)45(57)55-35-19-29(35)21-37(55)43-49-33-15-11-27-17-25(9-13-31(27)40(33)51-43)7-8-26-10-14-32-28(18-26)12-16-34-41(32)52-44(50-34)38-22-30-20-36(30)56(38)46(58)42(24(3)4)54(5)48(60)61/h9-10,13-14,17-18,23-24,29-30,35-39,42H,11-12,15-16,19-22H2,1-6H3,(H,49,51)(H,50,52)(H,53,59)(H,60,61)/t29-,30+,35+,36+,37-,38-,39-,42-/m0/s1. The van der Waals surface area contributed by atoms with Gasteiger partial charge in [0.1, 0.15) is 23.7 Å². The zero-order valence-corrected chi connectivity index (χ0v) is 36.1. The molecular weight excluding hydrogens is 785 g/mol. The van der Waals surface area contributed by atoms with E-state index < -0.39 is 24.3 Å². The molecule has 0 spiro atoms. The van der Waals surface area contributed by atoms with Gasteiger partial charge >= 0.3 is 12.2 Å². The lowest BCUT2D eigenvalue weighted by Gasteiger charge is -2.35. The highest BCUT2D eigenvalue weighted by Gasteiger charge is 2.58. The van der Waals surface area contributed by atoms with Gasteiger partial charge in [0.15, 0.2) is 0 Å². The number of rotatable bonds is 8. The lowest BCUT2D eigenvalue weighted by atomic mass is 9.90. The Hall–Kier alpha value is -6.10. The molecule has 2 saturated heterocycles. The molecule has 0 unspecified atom stereocenters. The first-order valence-electron chi connectivity index (χ1n) is 22.2. The zero-order chi connectivity index (χ0) is 43.3. The molecule has 62 heavy (non-hydrogen) atoms. The third kappa shape index (κ3) is 6.80. The van der Waals surface area contributed by atoms with Crippen LogP contribution in [0.25, 0.3) is 22.5 Å². The SMILES string of the molecule is COC(=O)N[C@H](C(=O)N1[C@@H]2C[C@H]2C[C@H]1c1nc2c([nH]1)CCc1cc(C#Cc3ccc4c(c3)CCc3[nH]c([C@@H]5C[C@H]6C[C@H]6N5C(=O)[C@H](C(C)C)N(C)C(=O)O)nc3-4)ccc1-2)C(C)C. The lowest BCUT2D eigenvalue weighted by molar-refractivity contribution is -0.140. The maximum Gasteiger partial charge on any atom is 0.407 e. The van der Waals surface area contributed by atoms with E-state index in [2.05, 4.69) is 63.5 Å². The van der Waals surface area contributed by atoms with E-state index >= 15 is 0 Å². The summed E-state index contributed by atoms with van der Waals surface area (Å²) in [6.07, 6.45) is 5.25. The monoisotopic (exact) mass is 838 g/mol. The first-order valence-corrected chi connectivity index (χ1v) is 22.2. The van der Waals surface area contributed by atoms with Crippen LogP contribution in [-0.2, 0) is 40.0 Å². The molecule has 322 valence electrons. The van der Waals surface area contributed by atoms with Crippen molar-refractivity contribution in [2.24, 2.45) is 23.7 Å². The van der Waals surface area contributed by atoms with Gasteiger partial charge in [-0.05, 0) is 110 Å². The molecule has 0 radical (unpaired) electrons. The highest BCUT2D eigenvalue weighted by molar-refractivity contribution is 5.88. The van der Waals surface area contributed by atoms with E-state index in [0.29, 0.717) is 11.8 Å². The van der Waals surface area contributed by atoms with Gasteiger partial charge in [0.25, 0.3) is 0 Å². The van der Waals surface area contributed by atoms with Crippen molar-refractivity contribution in [3.63, 3.8) is 0 Å². The Morgan fingerprint density at radius 3 is 1.71 bits per heavy atom. The number of aromatic nitrogens is 4. The minimum Gasteiger partial charge on any atom is -0.465 e. The van der Waals surface area contributed by atoms with E-state index in [9.17, 15) is 24.3 Å². The number of methoxy groups -OCH3 is 1. The van der Waals surface area contributed by atoms with Gasteiger partial charge in [-0.2, -0.15) is 0 Å². The van der Waals surface area contributed by atoms with Gasteiger partial charge in [0.05, 0.1) is 30.6 Å². The quantitative estimate of drug-likeness (QED) is 0.147. The molecule has 10 rings (SSSR count). The number of imidazole rings is 2. The topological polar surface area (TPSA) is 177 Å². The minimum atomic E-state index is -1.10. The van der Waals surface area contributed by atoms with Gasteiger partial charge in [-0.15, -0.1) is 0 Å². The summed E-state index contributed by atoms with van der Waals surface area (Å²) in [5.74, 6) is 8.82. The molecule has 2 aliphatic heterocycles. The van der Waals surface area contributed by atoms with Crippen LogP contribution in [-0.4, -0.2) is 102 Å². The molecule has 4 heterocycles. The fourth-order valence-corrected chi connectivity index (χ4v) is 10.9. The number of hydrogen-bond donors (Lipinski definition) is 4. The smallest absolute Gasteiger partial charge is 0.407 e. The predicted molar refractivity (Wildman–Crippen MR) is 230 cm³/mol. The number of alkyl carbamates (subject to hydrolysis) is 1. The molecule has 0 bridgehead atoms. The average molecular weight is 839 g/mol. The van der Waals surface area contributed by atoms with E-state index in [4.69, 9.17) is 14.7 Å². The van der Waals surface area contributed by atoms with Crippen LogP contribution in [0.4, 0.5) is 9.59 Å². The second-order valence-corrected chi connectivity index (χ2v) is 19.0. The molecule has 4 N–H and O–H groups in total. The van der Waals surface area contributed by atoms with Crippen molar-refractivity contribution in [1.29, 1.82) is 0 Å². The summed E-state index contributed by atoms with van der Waals surface area (Å²) in [5, 5.41) is 12.5. The number of hydrogen-bond acceptors (Lipinski definition) is 7. The Balaban J connectivity index is 0.850. The number of aromatic amines is 2. The number of benzene rings is 2. The molecular formula is C48H54N8O6. The minimum absolute atomic E-state index is 0.0841. The molecule has 8 atom stereocenters. The summed E-state index contributed by atoms with van der Waals surface area (Å²) in [6.45, 7) is 7.66. The summed E-state index contributed by atoms with van der Waals surface area (Å²) in [7, 11) is 2.79. The van der Waals surface area contributed by atoms with Crippen LogP contribution in [0.1, 0.15) is 111 Å². The van der Waals surface area contributed by atoms with E-state index in [1.807, 2.05) is 37.5 Å². The predicted octanol–water partition coefficient (Wildman–Crippen LogP) is 6.40. The summed E-state index contributed by atoms with van der Waals surface area (Å²) < 4.78 is 4.83. The van der Waals surface area contributed by atoms with Crippen molar-refractivity contribution in [3.8, 4) is 34.4 Å². The molecule has 4 aromatic rings. The molecule has 4 aliphatic carbocycles. The van der Waals surface area contributed by atoms with Crippen molar-refractivity contribution in [2.45, 2.75) is 115 Å². The number of nitrogens with zero attached hydrogens (tertiary/aromatic N) is 5. The Bertz CT molecular complexity index is 2580. The van der Waals surface area contributed by atoms with Gasteiger partial charge in [-0.3, -0.25) is 14.5 Å². The molecule has 2 saturated carbocycles. The van der Waals surface area contributed by atoms with Crippen molar-refractivity contribution >= 4 is 24.0 Å². The summed E-state index contributed by atoms with van der Waals surface area (Å²) in [5.41, 5.74) is 10.5. The number of likely N-dealkylation sites (tertiary alicyclic amines) is 2. The number of ether oxygens (including phenoxy) is 1. The van der Waals surface area contributed by atoms with Crippen molar-refractivity contribution in [2.75, 3.05) is 14.2 Å². The van der Waals surface area contributed by atoms with E-state index in [-0.39, 0.29) is 47.8 Å². The van der Waals surface area contributed by atoms with Crippen LogP contribution in [0.3, 0.4) is 0 Å². The highest BCUT2D eigenvalue weighted by Crippen LogP contribution is 2.55. The maximum absolute atomic E-state index is 14.0. The molecule has 14 heteroatoms. The van der Waals surface area contributed by atoms with Crippen molar-refractivity contribution in [3.05, 3.63) is 81.7 Å². The number of aryl methyl sites for hydroxylation is 4. The average Bonchev–Trinajstić information content (AvgIpc) is 3.90. The number of nitrogens with one attached hydrogen (secondary N) is 3. The summed E-state index contributed by atoms with van der Waals surface area (Å²) in [4.78, 5) is 74.5. The van der Waals surface area contributed by atoms with Gasteiger partial charge in [-0.1, -0.05) is 51.7 Å². The third-order valence-corrected chi connectivity index (χ3v) is 14.3. The first kappa shape index (κ1) is 40.0. The van der Waals surface area contributed by atoms with Gasteiger partial charge in [-0.25, -0.2) is 19.6 Å². The zero-order valence-electron chi connectivity index (χ0n) is 36.1. The second-order valence-electron chi connectivity index (χ2n) is 19.0. The number of fused-ring (bicyclic) bond motifs is 8. The largest absolute Gasteiger partial charge is 0.465 e. The third-order valence-electron chi connectivity index (χ3n) is 14.3.